The molecule has 1 saturated heterocycles. The Kier molecular flexibility index (Phi) is 4.99. The molecule has 0 unspecified atom stereocenters. The second-order valence-electron chi connectivity index (χ2n) is 7.44. The van der Waals surface area contributed by atoms with Crippen LogP contribution < -0.4 is 5.32 Å². The molecule has 1 aliphatic heterocycles. The van der Waals surface area contributed by atoms with Crippen LogP contribution in [0.3, 0.4) is 0 Å². The van der Waals surface area contributed by atoms with Crippen molar-refractivity contribution in [3.63, 3.8) is 0 Å². The third kappa shape index (κ3) is 4.06. The predicted molar refractivity (Wildman–Crippen MR) is 114 cm³/mol. The Hall–Kier alpha value is -3.53. The van der Waals surface area contributed by atoms with E-state index in [1.165, 1.54) is 4.90 Å². The van der Waals surface area contributed by atoms with Crippen LogP contribution in [0.4, 0.5) is 10.5 Å². The minimum absolute atomic E-state index is 0.163. The molecule has 0 radical (unpaired) electrons. The molecular formula is C21H18N6O3S. The quantitative estimate of drug-likeness (QED) is 0.635. The topological polar surface area (TPSA) is 110 Å². The number of nitrogens with zero attached hydrogens (tertiary/aromatic N) is 5. The van der Waals surface area contributed by atoms with Crippen molar-refractivity contribution in [2.24, 2.45) is 0 Å². The van der Waals surface area contributed by atoms with Gasteiger partial charge in [-0.3, -0.25) is 19.3 Å². The highest BCUT2D eigenvalue weighted by molar-refractivity contribution is 8.14. The number of benzene rings is 2. The van der Waals surface area contributed by atoms with Gasteiger partial charge in [-0.25, -0.2) is 4.68 Å². The Morgan fingerprint density at radius 1 is 1.13 bits per heavy atom. The first kappa shape index (κ1) is 19.4. The van der Waals surface area contributed by atoms with E-state index >= 15 is 0 Å². The van der Waals surface area contributed by atoms with E-state index < -0.39 is 0 Å². The first-order valence-electron chi connectivity index (χ1n) is 9.84. The van der Waals surface area contributed by atoms with Gasteiger partial charge in [0.1, 0.15) is 0 Å². The smallest absolute Gasteiger partial charge is 0.289 e. The van der Waals surface area contributed by atoms with E-state index in [-0.39, 0.29) is 29.4 Å². The summed E-state index contributed by atoms with van der Waals surface area (Å²) >= 11 is 0.995. The van der Waals surface area contributed by atoms with Gasteiger partial charge in [0.05, 0.1) is 18.3 Å². The van der Waals surface area contributed by atoms with E-state index in [2.05, 4.69) is 20.8 Å². The van der Waals surface area contributed by atoms with Crippen molar-refractivity contribution >= 4 is 34.5 Å². The van der Waals surface area contributed by atoms with Crippen LogP contribution in [-0.4, -0.2) is 47.9 Å². The third-order valence-corrected chi connectivity index (χ3v) is 6.02. The lowest BCUT2D eigenvalue weighted by molar-refractivity contribution is -0.125. The number of carbonyl (C=O) groups is 3. The fourth-order valence-corrected chi connectivity index (χ4v) is 4.11. The first-order chi connectivity index (χ1) is 15.1. The highest BCUT2D eigenvalue weighted by Gasteiger charge is 2.30. The van der Waals surface area contributed by atoms with Gasteiger partial charge in [0.2, 0.25) is 5.91 Å². The molecule has 0 spiro atoms. The second kappa shape index (κ2) is 7.95. The molecular weight excluding hydrogens is 416 g/mol. The Bertz CT molecular complexity index is 1160. The summed E-state index contributed by atoms with van der Waals surface area (Å²) in [6, 6.07) is 14.7. The SMILES string of the molecule is O=C(Nc1ccc(-c2nnnn2C2CC2)cc1)c1cccc(CN2C(=O)CSC2=O)c1. The van der Waals surface area contributed by atoms with Crippen LogP contribution in [0.2, 0.25) is 0 Å². The van der Waals surface area contributed by atoms with Crippen molar-refractivity contribution in [1.29, 1.82) is 0 Å². The Morgan fingerprint density at radius 3 is 2.65 bits per heavy atom. The number of rotatable bonds is 6. The lowest BCUT2D eigenvalue weighted by Crippen LogP contribution is -2.28. The number of thioether (sulfide) groups is 1. The number of amides is 3. The zero-order valence-electron chi connectivity index (χ0n) is 16.4. The molecule has 2 aliphatic rings. The number of tetrazole rings is 1. The van der Waals surface area contributed by atoms with Crippen molar-refractivity contribution in [3.8, 4) is 11.4 Å². The first-order valence-corrected chi connectivity index (χ1v) is 10.8. The van der Waals surface area contributed by atoms with E-state index in [0.29, 0.717) is 17.3 Å². The molecule has 3 aromatic rings. The molecule has 1 aliphatic carbocycles. The number of aromatic nitrogens is 4. The minimum Gasteiger partial charge on any atom is -0.322 e. The van der Waals surface area contributed by atoms with Crippen molar-refractivity contribution < 1.29 is 14.4 Å². The molecule has 1 N–H and O–H groups in total. The molecule has 1 saturated carbocycles. The summed E-state index contributed by atoms with van der Waals surface area (Å²) in [6.45, 7) is 0.163. The zero-order valence-corrected chi connectivity index (χ0v) is 17.2. The van der Waals surface area contributed by atoms with E-state index in [9.17, 15) is 14.4 Å². The van der Waals surface area contributed by atoms with Crippen LogP contribution in [-0.2, 0) is 11.3 Å². The molecule has 0 atom stereocenters. The number of hydrogen-bond donors (Lipinski definition) is 1. The molecule has 9 nitrogen and oxygen atoms in total. The molecule has 10 heteroatoms. The van der Waals surface area contributed by atoms with Crippen molar-refractivity contribution in [1.82, 2.24) is 25.1 Å². The van der Waals surface area contributed by atoms with Gasteiger partial charge in [-0.05, 0) is 65.2 Å². The Morgan fingerprint density at radius 2 is 1.94 bits per heavy atom. The van der Waals surface area contributed by atoms with Crippen LogP contribution >= 0.6 is 11.8 Å². The van der Waals surface area contributed by atoms with Gasteiger partial charge in [-0.2, -0.15) is 0 Å². The summed E-state index contributed by atoms with van der Waals surface area (Å²) in [5.74, 6) is 0.406. The fraction of sp³-hybridized carbons (Fsp3) is 0.238. The number of nitrogens with one attached hydrogen (secondary N) is 1. The maximum absolute atomic E-state index is 12.7. The summed E-state index contributed by atoms with van der Waals surface area (Å²) < 4.78 is 1.84. The molecule has 2 heterocycles. The lowest BCUT2D eigenvalue weighted by Gasteiger charge is -2.13. The molecule has 31 heavy (non-hydrogen) atoms. The third-order valence-electron chi connectivity index (χ3n) is 5.16. The molecule has 5 rings (SSSR count). The van der Waals surface area contributed by atoms with Crippen LogP contribution in [0.25, 0.3) is 11.4 Å². The number of carbonyl (C=O) groups excluding carboxylic acids is 3. The summed E-state index contributed by atoms with van der Waals surface area (Å²) in [4.78, 5) is 37.5. The van der Waals surface area contributed by atoms with Crippen molar-refractivity contribution in [2.45, 2.75) is 25.4 Å². The van der Waals surface area contributed by atoms with E-state index in [0.717, 1.165) is 41.6 Å². The van der Waals surface area contributed by atoms with Gasteiger partial charge < -0.3 is 5.32 Å². The summed E-state index contributed by atoms with van der Waals surface area (Å²) in [7, 11) is 0. The molecule has 0 bridgehead atoms. The standard InChI is InChI=1S/C21H18N6O3S/c28-18-12-31-21(30)26(18)11-13-2-1-3-15(10-13)20(29)22-16-6-4-14(5-7-16)19-23-24-25-27(19)17-8-9-17/h1-7,10,17H,8-9,11-12H2,(H,22,29). The summed E-state index contributed by atoms with van der Waals surface area (Å²) in [5.41, 5.74) is 2.70. The lowest BCUT2D eigenvalue weighted by atomic mass is 10.1. The summed E-state index contributed by atoms with van der Waals surface area (Å²) in [6.07, 6.45) is 2.17. The highest BCUT2D eigenvalue weighted by Crippen LogP contribution is 2.36. The van der Waals surface area contributed by atoms with Crippen LogP contribution in [0, 0.1) is 0 Å². The average Bonchev–Trinajstić information content (AvgIpc) is 3.43. The Balaban J connectivity index is 1.27. The number of anilines is 1. The van der Waals surface area contributed by atoms with E-state index in [1.807, 2.05) is 28.9 Å². The van der Waals surface area contributed by atoms with Gasteiger partial charge in [-0.1, -0.05) is 23.9 Å². The van der Waals surface area contributed by atoms with Crippen molar-refractivity contribution in [2.75, 3.05) is 11.1 Å². The maximum atomic E-state index is 12.7. The fourth-order valence-electron chi connectivity index (χ4n) is 3.38. The van der Waals surface area contributed by atoms with Gasteiger partial charge >= 0.3 is 0 Å². The molecule has 1 aromatic heterocycles. The van der Waals surface area contributed by atoms with Crippen LogP contribution in [0.5, 0.6) is 0 Å². The monoisotopic (exact) mass is 434 g/mol. The Labute approximate surface area is 181 Å². The second-order valence-corrected chi connectivity index (χ2v) is 8.37. The predicted octanol–water partition coefficient (Wildman–Crippen LogP) is 3.12. The van der Waals surface area contributed by atoms with Crippen LogP contribution in [0.1, 0.15) is 34.8 Å². The van der Waals surface area contributed by atoms with Crippen molar-refractivity contribution in [3.05, 3.63) is 59.7 Å². The molecule has 2 aromatic carbocycles. The number of imide groups is 1. The zero-order chi connectivity index (χ0) is 21.4. The number of hydrogen-bond acceptors (Lipinski definition) is 7. The van der Waals surface area contributed by atoms with Gasteiger partial charge in [0.25, 0.3) is 11.1 Å². The molecule has 2 fully saturated rings. The van der Waals surface area contributed by atoms with Crippen LogP contribution in [0.15, 0.2) is 48.5 Å². The van der Waals surface area contributed by atoms with Gasteiger partial charge in [-0.15, -0.1) is 5.10 Å². The van der Waals surface area contributed by atoms with Gasteiger partial charge in [0, 0.05) is 16.8 Å². The maximum Gasteiger partial charge on any atom is 0.289 e. The van der Waals surface area contributed by atoms with E-state index in [4.69, 9.17) is 0 Å². The average molecular weight is 434 g/mol. The molecule has 3 amide bonds. The largest absolute Gasteiger partial charge is 0.322 e. The summed E-state index contributed by atoms with van der Waals surface area (Å²) in [5, 5.41) is 14.6. The minimum atomic E-state index is -0.272. The highest BCUT2D eigenvalue weighted by atomic mass is 32.2. The van der Waals surface area contributed by atoms with Gasteiger partial charge in [0.15, 0.2) is 5.82 Å². The van der Waals surface area contributed by atoms with E-state index in [1.54, 1.807) is 24.3 Å². The molecule has 156 valence electrons. The normalized spacial score (nSPS) is 16.1.